The number of carbonyl (C=O) groups is 1. The van der Waals surface area contributed by atoms with Crippen LogP contribution in [0.15, 0.2) is 54.6 Å². The van der Waals surface area contributed by atoms with Crippen LogP contribution in [0.3, 0.4) is 0 Å². The molecule has 1 aliphatic heterocycles. The first-order valence-electron chi connectivity index (χ1n) is 8.55. The molecule has 0 spiro atoms. The molecule has 1 atom stereocenters. The van der Waals surface area contributed by atoms with Crippen LogP contribution in [-0.4, -0.2) is 43.7 Å². The van der Waals surface area contributed by atoms with Crippen LogP contribution in [0.5, 0.6) is 5.75 Å². The SMILES string of the molecule is CN1CCO[C@H](C(=O)NCc2ccccc2OCc2ccccc2)C1. The summed E-state index contributed by atoms with van der Waals surface area (Å²) < 4.78 is 11.5. The van der Waals surface area contributed by atoms with Crippen molar-refractivity contribution in [2.24, 2.45) is 0 Å². The van der Waals surface area contributed by atoms with Gasteiger partial charge in [0.05, 0.1) is 6.61 Å². The molecular formula is C20H24N2O3. The van der Waals surface area contributed by atoms with Gasteiger partial charge in [-0.05, 0) is 18.7 Å². The fraction of sp³-hybridized carbons (Fsp3) is 0.350. The topological polar surface area (TPSA) is 50.8 Å². The van der Waals surface area contributed by atoms with Crippen molar-refractivity contribution < 1.29 is 14.3 Å². The Bertz CT molecular complexity index is 690. The number of amides is 1. The Kier molecular flexibility index (Phi) is 6.04. The van der Waals surface area contributed by atoms with Gasteiger partial charge in [0.15, 0.2) is 0 Å². The van der Waals surface area contributed by atoms with Crippen LogP contribution in [0, 0.1) is 0 Å². The van der Waals surface area contributed by atoms with Gasteiger partial charge in [-0.3, -0.25) is 4.79 Å². The van der Waals surface area contributed by atoms with Gasteiger partial charge in [0, 0.05) is 25.2 Å². The molecule has 1 heterocycles. The Morgan fingerprint density at radius 3 is 2.76 bits per heavy atom. The predicted octanol–water partition coefficient (Wildman–Crippen LogP) is 2.21. The van der Waals surface area contributed by atoms with Crippen LogP contribution in [0.1, 0.15) is 11.1 Å². The highest BCUT2D eigenvalue weighted by atomic mass is 16.5. The molecule has 132 valence electrons. The fourth-order valence-electron chi connectivity index (χ4n) is 2.76. The molecule has 1 amide bonds. The lowest BCUT2D eigenvalue weighted by atomic mass is 10.2. The normalized spacial score (nSPS) is 17.9. The van der Waals surface area contributed by atoms with E-state index in [0.717, 1.165) is 23.4 Å². The largest absolute Gasteiger partial charge is 0.489 e. The van der Waals surface area contributed by atoms with Crippen molar-refractivity contribution in [3.8, 4) is 5.75 Å². The summed E-state index contributed by atoms with van der Waals surface area (Å²) >= 11 is 0. The van der Waals surface area contributed by atoms with Crippen LogP contribution in [-0.2, 0) is 22.7 Å². The summed E-state index contributed by atoms with van der Waals surface area (Å²) in [4.78, 5) is 14.4. The molecule has 1 saturated heterocycles. The van der Waals surface area contributed by atoms with E-state index in [9.17, 15) is 4.79 Å². The monoisotopic (exact) mass is 340 g/mol. The predicted molar refractivity (Wildman–Crippen MR) is 96.3 cm³/mol. The quantitative estimate of drug-likeness (QED) is 0.876. The number of nitrogens with one attached hydrogen (secondary N) is 1. The summed E-state index contributed by atoms with van der Waals surface area (Å²) in [6.45, 7) is 3.00. The van der Waals surface area contributed by atoms with E-state index < -0.39 is 6.10 Å². The lowest BCUT2D eigenvalue weighted by molar-refractivity contribution is -0.138. The number of carbonyl (C=O) groups excluding carboxylic acids is 1. The molecule has 2 aromatic rings. The summed E-state index contributed by atoms with van der Waals surface area (Å²) in [5, 5.41) is 2.96. The fourth-order valence-corrected chi connectivity index (χ4v) is 2.76. The molecule has 0 unspecified atom stereocenters. The molecule has 0 aromatic heterocycles. The van der Waals surface area contributed by atoms with Crippen LogP contribution >= 0.6 is 0 Å². The van der Waals surface area contributed by atoms with E-state index in [0.29, 0.717) is 26.3 Å². The Labute approximate surface area is 148 Å². The van der Waals surface area contributed by atoms with E-state index in [2.05, 4.69) is 10.2 Å². The Balaban J connectivity index is 1.56. The maximum absolute atomic E-state index is 12.3. The number of para-hydroxylation sites is 1. The molecule has 3 rings (SSSR count). The first-order chi connectivity index (χ1) is 12.2. The Morgan fingerprint density at radius 1 is 1.20 bits per heavy atom. The van der Waals surface area contributed by atoms with Crippen LogP contribution in [0.25, 0.3) is 0 Å². The molecule has 0 bridgehead atoms. The number of nitrogens with zero attached hydrogens (tertiary/aromatic N) is 1. The standard InChI is InChI=1S/C20H24N2O3/c1-22-11-12-24-19(14-22)20(23)21-13-17-9-5-6-10-18(17)25-15-16-7-3-2-4-8-16/h2-10,19H,11-15H2,1H3,(H,21,23)/t19-/m0/s1. The third-order valence-corrected chi connectivity index (χ3v) is 4.22. The zero-order valence-corrected chi connectivity index (χ0v) is 14.5. The lowest BCUT2D eigenvalue weighted by Gasteiger charge is -2.29. The molecule has 2 aromatic carbocycles. The maximum Gasteiger partial charge on any atom is 0.250 e. The minimum Gasteiger partial charge on any atom is -0.489 e. The molecule has 1 fully saturated rings. The zero-order valence-electron chi connectivity index (χ0n) is 14.5. The Hall–Kier alpha value is -2.37. The van der Waals surface area contributed by atoms with E-state index in [-0.39, 0.29) is 5.91 Å². The highest BCUT2D eigenvalue weighted by molar-refractivity contribution is 5.81. The number of rotatable bonds is 6. The number of hydrogen-bond acceptors (Lipinski definition) is 4. The van der Waals surface area contributed by atoms with Gasteiger partial charge < -0.3 is 19.7 Å². The molecule has 0 saturated carbocycles. The van der Waals surface area contributed by atoms with Gasteiger partial charge in [-0.1, -0.05) is 48.5 Å². The van der Waals surface area contributed by atoms with E-state index in [4.69, 9.17) is 9.47 Å². The minimum absolute atomic E-state index is 0.0792. The average molecular weight is 340 g/mol. The molecule has 0 radical (unpaired) electrons. The molecule has 5 heteroatoms. The highest BCUT2D eigenvalue weighted by Gasteiger charge is 2.24. The second kappa shape index (κ2) is 8.65. The van der Waals surface area contributed by atoms with E-state index in [1.165, 1.54) is 0 Å². The van der Waals surface area contributed by atoms with Crippen molar-refractivity contribution in [3.05, 3.63) is 65.7 Å². The summed E-state index contributed by atoms with van der Waals surface area (Å²) in [6, 6.07) is 17.8. The molecule has 1 aliphatic rings. The second-order valence-corrected chi connectivity index (χ2v) is 6.22. The van der Waals surface area contributed by atoms with Gasteiger partial charge >= 0.3 is 0 Å². The number of benzene rings is 2. The first-order valence-corrected chi connectivity index (χ1v) is 8.55. The zero-order chi connectivity index (χ0) is 17.5. The van der Waals surface area contributed by atoms with Gasteiger partial charge in [-0.15, -0.1) is 0 Å². The number of hydrogen-bond donors (Lipinski definition) is 1. The summed E-state index contributed by atoms with van der Waals surface area (Å²) in [6.07, 6.45) is -0.406. The third kappa shape index (κ3) is 5.05. The van der Waals surface area contributed by atoms with Crippen molar-refractivity contribution >= 4 is 5.91 Å². The van der Waals surface area contributed by atoms with Crippen molar-refractivity contribution in [2.75, 3.05) is 26.7 Å². The lowest BCUT2D eigenvalue weighted by Crippen LogP contribution is -2.48. The van der Waals surface area contributed by atoms with Crippen molar-refractivity contribution in [2.45, 2.75) is 19.3 Å². The van der Waals surface area contributed by atoms with Gasteiger partial charge in [0.2, 0.25) is 0 Å². The van der Waals surface area contributed by atoms with Crippen LogP contribution < -0.4 is 10.1 Å². The number of morpholine rings is 1. The second-order valence-electron chi connectivity index (χ2n) is 6.22. The van der Waals surface area contributed by atoms with E-state index in [1.807, 2.05) is 61.6 Å². The Morgan fingerprint density at radius 2 is 1.96 bits per heavy atom. The van der Waals surface area contributed by atoms with Crippen LogP contribution in [0.2, 0.25) is 0 Å². The number of likely N-dealkylation sites (N-methyl/N-ethyl adjacent to an activating group) is 1. The summed E-state index contributed by atoms with van der Waals surface area (Å²) in [7, 11) is 2.00. The average Bonchev–Trinajstić information content (AvgIpc) is 2.66. The third-order valence-electron chi connectivity index (χ3n) is 4.22. The molecule has 0 aliphatic carbocycles. The van der Waals surface area contributed by atoms with Gasteiger partial charge in [0.25, 0.3) is 5.91 Å². The van der Waals surface area contributed by atoms with Gasteiger partial charge in [0.1, 0.15) is 18.5 Å². The van der Waals surface area contributed by atoms with E-state index in [1.54, 1.807) is 0 Å². The van der Waals surface area contributed by atoms with Crippen molar-refractivity contribution in [3.63, 3.8) is 0 Å². The molecule has 1 N–H and O–H groups in total. The smallest absolute Gasteiger partial charge is 0.250 e. The molecular weight excluding hydrogens is 316 g/mol. The van der Waals surface area contributed by atoms with E-state index >= 15 is 0 Å². The molecule has 25 heavy (non-hydrogen) atoms. The van der Waals surface area contributed by atoms with Gasteiger partial charge in [-0.25, -0.2) is 0 Å². The van der Waals surface area contributed by atoms with Crippen molar-refractivity contribution in [1.29, 1.82) is 0 Å². The van der Waals surface area contributed by atoms with Gasteiger partial charge in [-0.2, -0.15) is 0 Å². The summed E-state index contributed by atoms with van der Waals surface area (Å²) in [5.74, 6) is 0.706. The van der Waals surface area contributed by atoms with Crippen molar-refractivity contribution in [1.82, 2.24) is 10.2 Å². The molecule has 5 nitrogen and oxygen atoms in total. The highest BCUT2D eigenvalue weighted by Crippen LogP contribution is 2.19. The summed E-state index contributed by atoms with van der Waals surface area (Å²) in [5.41, 5.74) is 2.07. The minimum atomic E-state index is -0.406. The van der Waals surface area contributed by atoms with Crippen LogP contribution in [0.4, 0.5) is 0 Å². The first kappa shape index (κ1) is 17.5. The number of ether oxygens (including phenoxy) is 2. The maximum atomic E-state index is 12.3.